The van der Waals surface area contributed by atoms with Gasteiger partial charge in [0.25, 0.3) is 5.91 Å². The summed E-state index contributed by atoms with van der Waals surface area (Å²) in [5.74, 6) is 0.529. The zero-order valence-electron chi connectivity index (χ0n) is 11.2. The van der Waals surface area contributed by atoms with E-state index in [1.165, 1.54) is 6.20 Å². The van der Waals surface area contributed by atoms with E-state index in [0.29, 0.717) is 16.5 Å². The number of nitrogens with zero attached hydrogens (tertiary/aromatic N) is 2. The number of carbonyl (C=O) groups excluding carboxylic acids is 1. The van der Waals surface area contributed by atoms with Gasteiger partial charge >= 0.3 is 0 Å². The number of hydrogen-bond donors (Lipinski definition) is 2. The molecule has 2 rings (SSSR count). The van der Waals surface area contributed by atoms with Gasteiger partial charge in [0.2, 0.25) is 0 Å². The molecule has 1 saturated heterocycles. The number of nitrogens with one attached hydrogen (secondary N) is 1. The Hall–Kier alpha value is -1.33. The monoisotopic (exact) mass is 282 g/mol. The molecule has 0 saturated carbocycles. The molecule has 104 valence electrons. The molecular formula is C13H19ClN4O. The molecule has 0 bridgehead atoms. The van der Waals surface area contributed by atoms with Gasteiger partial charge in [0.05, 0.1) is 10.6 Å². The number of piperidine rings is 1. The Kier molecular flexibility index (Phi) is 4.27. The predicted molar refractivity (Wildman–Crippen MR) is 76.2 cm³/mol. The number of amides is 1. The van der Waals surface area contributed by atoms with Crippen LogP contribution in [0.5, 0.6) is 0 Å². The molecule has 1 fully saturated rings. The van der Waals surface area contributed by atoms with E-state index in [0.717, 1.165) is 19.5 Å². The third-order valence-corrected chi connectivity index (χ3v) is 3.86. The van der Waals surface area contributed by atoms with Crippen molar-refractivity contribution in [2.45, 2.75) is 19.4 Å². The maximum atomic E-state index is 12.1. The second-order valence-electron chi connectivity index (χ2n) is 5.20. The average molecular weight is 283 g/mol. The third-order valence-electron chi connectivity index (χ3n) is 3.56. The van der Waals surface area contributed by atoms with Crippen molar-refractivity contribution in [3.05, 3.63) is 22.8 Å². The quantitative estimate of drug-likeness (QED) is 0.860. The van der Waals surface area contributed by atoms with Crippen LogP contribution in [0.3, 0.4) is 0 Å². The Bertz CT molecular complexity index is 480. The largest absolute Gasteiger partial charge is 0.382 e. The summed E-state index contributed by atoms with van der Waals surface area (Å²) in [6, 6.07) is 1.75. The number of nitrogens with two attached hydrogens (primary N) is 1. The summed E-state index contributed by atoms with van der Waals surface area (Å²) in [6.45, 7) is 4.14. The second-order valence-corrected chi connectivity index (χ2v) is 5.61. The summed E-state index contributed by atoms with van der Waals surface area (Å²) in [4.78, 5) is 18.3. The fraction of sp³-hybridized carbons (Fsp3) is 0.538. The van der Waals surface area contributed by atoms with Crippen molar-refractivity contribution in [3.8, 4) is 0 Å². The molecule has 6 heteroatoms. The van der Waals surface area contributed by atoms with Crippen LogP contribution in [0.1, 0.15) is 23.7 Å². The van der Waals surface area contributed by atoms with Crippen molar-refractivity contribution in [2.24, 2.45) is 5.92 Å². The number of halogens is 1. The van der Waals surface area contributed by atoms with Gasteiger partial charge in [0.15, 0.2) is 0 Å². The van der Waals surface area contributed by atoms with Crippen LogP contribution in [0.2, 0.25) is 5.02 Å². The lowest BCUT2D eigenvalue weighted by Crippen LogP contribution is -2.48. The van der Waals surface area contributed by atoms with Gasteiger partial charge in [-0.15, -0.1) is 0 Å². The van der Waals surface area contributed by atoms with E-state index >= 15 is 0 Å². The van der Waals surface area contributed by atoms with E-state index in [-0.39, 0.29) is 17.8 Å². The Morgan fingerprint density at radius 1 is 1.63 bits per heavy atom. The minimum Gasteiger partial charge on any atom is -0.382 e. The first kappa shape index (κ1) is 14.1. The molecule has 3 N–H and O–H groups in total. The Morgan fingerprint density at radius 2 is 2.37 bits per heavy atom. The molecule has 0 aromatic carbocycles. The van der Waals surface area contributed by atoms with Crippen molar-refractivity contribution in [1.82, 2.24) is 15.2 Å². The second kappa shape index (κ2) is 5.75. The van der Waals surface area contributed by atoms with Gasteiger partial charge in [-0.1, -0.05) is 18.5 Å². The van der Waals surface area contributed by atoms with E-state index in [9.17, 15) is 4.79 Å². The number of aromatic nitrogens is 1. The molecular weight excluding hydrogens is 264 g/mol. The van der Waals surface area contributed by atoms with Gasteiger partial charge in [0, 0.05) is 18.8 Å². The zero-order valence-corrected chi connectivity index (χ0v) is 11.9. The molecule has 1 aromatic heterocycles. The lowest BCUT2D eigenvalue weighted by molar-refractivity contribution is 0.0883. The minimum absolute atomic E-state index is 0.143. The van der Waals surface area contributed by atoms with E-state index in [1.807, 2.05) is 0 Å². The van der Waals surface area contributed by atoms with Crippen LogP contribution >= 0.6 is 11.6 Å². The first-order chi connectivity index (χ1) is 8.97. The third kappa shape index (κ3) is 3.36. The van der Waals surface area contributed by atoms with Crippen LogP contribution in [0, 0.1) is 5.92 Å². The molecule has 1 aliphatic heterocycles. The molecule has 5 nitrogen and oxygen atoms in total. The van der Waals surface area contributed by atoms with Crippen LogP contribution in [0.25, 0.3) is 0 Å². The predicted octanol–water partition coefficient (Wildman–Crippen LogP) is 1.39. The SMILES string of the molecule is CC1CN(C)CCC1NC(=O)c1cnc(N)c(Cl)c1. The number of likely N-dealkylation sites (tertiary alicyclic amines) is 1. The van der Waals surface area contributed by atoms with Gasteiger partial charge in [0.1, 0.15) is 5.82 Å². The van der Waals surface area contributed by atoms with Gasteiger partial charge in [-0.05, 0) is 32.0 Å². The summed E-state index contributed by atoms with van der Waals surface area (Å²) in [5.41, 5.74) is 5.98. The summed E-state index contributed by atoms with van der Waals surface area (Å²) in [5, 5.41) is 3.36. The first-order valence-electron chi connectivity index (χ1n) is 6.38. The lowest BCUT2D eigenvalue weighted by Gasteiger charge is -2.35. The number of rotatable bonds is 2. The van der Waals surface area contributed by atoms with Gasteiger partial charge < -0.3 is 16.0 Å². The van der Waals surface area contributed by atoms with Gasteiger partial charge in [-0.2, -0.15) is 0 Å². The molecule has 19 heavy (non-hydrogen) atoms. The zero-order chi connectivity index (χ0) is 14.0. The molecule has 1 aliphatic rings. The highest BCUT2D eigenvalue weighted by atomic mass is 35.5. The first-order valence-corrected chi connectivity index (χ1v) is 6.75. The number of pyridine rings is 1. The molecule has 2 atom stereocenters. The fourth-order valence-corrected chi connectivity index (χ4v) is 2.56. The summed E-state index contributed by atoms with van der Waals surface area (Å²) < 4.78 is 0. The molecule has 1 aromatic rings. The van der Waals surface area contributed by atoms with Crippen molar-refractivity contribution >= 4 is 23.3 Å². The Labute approximate surface area is 118 Å². The highest BCUT2D eigenvalue weighted by Gasteiger charge is 2.25. The van der Waals surface area contributed by atoms with Gasteiger partial charge in [-0.25, -0.2) is 4.98 Å². The smallest absolute Gasteiger partial charge is 0.253 e. The van der Waals surface area contributed by atoms with E-state index in [2.05, 4.69) is 29.2 Å². The number of nitrogen functional groups attached to an aromatic ring is 1. The van der Waals surface area contributed by atoms with Crippen molar-refractivity contribution < 1.29 is 4.79 Å². The number of hydrogen-bond acceptors (Lipinski definition) is 4. The Morgan fingerprint density at radius 3 is 3.00 bits per heavy atom. The molecule has 0 aliphatic carbocycles. The Balaban J connectivity index is 2.02. The van der Waals surface area contributed by atoms with Crippen molar-refractivity contribution in [3.63, 3.8) is 0 Å². The summed E-state index contributed by atoms with van der Waals surface area (Å²) >= 11 is 5.87. The van der Waals surface area contributed by atoms with Crippen LogP contribution in [-0.2, 0) is 0 Å². The fourth-order valence-electron chi connectivity index (χ4n) is 2.39. The average Bonchev–Trinajstić information content (AvgIpc) is 2.36. The van der Waals surface area contributed by atoms with Gasteiger partial charge in [-0.3, -0.25) is 4.79 Å². The summed E-state index contributed by atoms with van der Waals surface area (Å²) in [6.07, 6.45) is 2.41. The highest BCUT2D eigenvalue weighted by Crippen LogP contribution is 2.19. The molecule has 0 spiro atoms. The lowest BCUT2D eigenvalue weighted by atomic mass is 9.94. The molecule has 1 amide bonds. The molecule has 2 unspecified atom stereocenters. The van der Waals surface area contributed by atoms with E-state index in [1.54, 1.807) is 6.07 Å². The van der Waals surface area contributed by atoms with Crippen LogP contribution in [0.15, 0.2) is 12.3 Å². The number of carbonyl (C=O) groups is 1. The molecule has 2 heterocycles. The normalized spacial score (nSPS) is 24.2. The van der Waals surface area contributed by atoms with Crippen LogP contribution < -0.4 is 11.1 Å². The van der Waals surface area contributed by atoms with E-state index in [4.69, 9.17) is 17.3 Å². The van der Waals surface area contributed by atoms with E-state index < -0.39 is 0 Å². The maximum absolute atomic E-state index is 12.1. The minimum atomic E-state index is -0.143. The van der Waals surface area contributed by atoms with Crippen LogP contribution in [0.4, 0.5) is 5.82 Å². The summed E-state index contributed by atoms with van der Waals surface area (Å²) in [7, 11) is 2.10. The van der Waals surface area contributed by atoms with Crippen molar-refractivity contribution in [1.29, 1.82) is 0 Å². The topological polar surface area (TPSA) is 71.2 Å². The standard InChI is InChI=1S/C13H19ClN4O/c1-8-7-18(2)4-3-11(8)17-13(19)9-5-10(14)12(15)16-6-9/h5-6,8,11H,3-4,7H2,1-2H3,(H2,15,16)(H,17,19). The maximum Gasteiger partial charge on any atom is 0.253 e. The van der Waals surface area contributed by atoms with Crippen molar-refractivity contribution in [2.75, 3.05) is 25.9 Å². The highest BCUT2D eigenvalue weighted by molar-refractivity contribution is 6.33. The van der Waals surface area contributed by atoms with Crippen LogP contribution in [-0.4, -0.2) is 42.0 Å². The number of anilines is 1. The molecule has 0 radical (unpaired) electrons.